The van der Waals surface area contributed by atoms with E-state index in [1.807, 2.05) is 0 Å². The maximum atomic E-state index is 12.5. The minimum atomic E-state index is -0.792. The Morgan fingerprint density at radius 2 is 1.67 bits per heavy atom. The lowest BCUT2D eigenvalue weighted by atomic mass is 10.1. The number of ether oxygens (including phenoxy) is 1. The number of carbonyl (C=O) groups excluding carboxylic acids is 4. The van der Waals surface area contributed by atoms with E-state index in [9.17, 15) is 19.2 Å². The lowest BCUT2D eigenvalue weighted by Crippen LogP contribution is -2.43. The molecule has 0 aliphatic carbocycles. The van der Waals surface area contributed by atoms with Gasteiger partial charge in [-0.15, -0.1) is 0 Å². The van der Waals surface area contributed by atoms with Gasteiger partial charge in [0.2, 0.25) is 0 Å². The van der Waals surface area contributed by atoms with Crippen LogP contribution in [0.4, 0.5) is 0 Å². The smallest absolute Gasteiger partial charge is 0.343 e. The van der Waals surface area contributed by atoms with Crippen LogP contribution < -0.4 is 0 Å². The average Bonchev–Trinajstić information content (AvgIpc) is 2.81. The molecule has 0 spiro atoms. The molecular weight excluding hydrogens is 312 g/mol. The summed E-state index contributed by atoms with van der Waals surface area (Å²) >= 11 is 0. The predicted octanol–water partition coefficient (Wildman–Crippen LogP) is 1.56. The van der Waals surface area contributed by atoms with E-state index in [4.69, 9.17) is 4.74 Å². The molecule has 2 amide bonds. The Kier molecular flexibility index (Phi) is 5.13. The third-order valence-corrected chi connectivity index (χ3v) is 3.51. The zero-order valence-electron chi connectivity index (χ0n) is 13.7. The van der Waals surface area contributed by atoms with Gasteiger partial charge in [0.1, 0.15) is 5.57 Å². The molecule has 7 heteroatoms. The Balaban J connectivity index is 2.40. The zero-order chi connectivity index (χ0) is 17.9. The van der Waals surface area contributed by atoms with Gasteiger partial charge < -0.3 is 4.74 Å². The van der Waals surface area contributed by atoms with Crippen molar-refractivity contribution in [3.8, 4) is 0 Å². The lowest BCUT2D eigenvalue weighted by Gasteiger charge is -2.28. The van der Waals surface area contributed by atoms with Gasteiger partial charge in [-0.2, -0.15) is 5.01 Å². The SMILES string of the molecule is CCOC(=O)/C(=C/N(CC)N1C(=O)c2ccccc2C1=O)C(C)=O. The standard InChI is InChI=1S/C17H18N2O5/c1-4-18(10-14(11(3)20)17(23)24-5-2)19-15(21)12-8-6-7-9-13(12)16(19)22/h6-10H,4-5H2,1-3H3/b14-10+. The maximum absolute atomic E-state index is 12.5. The minimum Gasteiger partial charge on any atom is -0.462 e. The van der Waals surface area contributed by atoms with Gasteiger partial charge in [-0.3, -0.25) is 19.4 Å². The van der Waals surface area contributed by atoms with Crippen molar-refractivity contribution in [1.82, 2.24) is 10.0 Å². The summed E-state index contributed by atoms with van der Waals surface area (Å²) in [6.07, 6.45) is 1.18. The highest BCUT2D eigenvalue weighted by Gasteiger charge is 2.38. The van der Waals surface area contributed by atoms with Gasteiger partial charge in [0.25, 0.3) is 11.8 Å². The number of nitrogens with zero attached hydrogens (tertiary/aromatic N) is 2. The quantitative estimate of drug-likeness (QED) is 0.259. The Bertz CT molecular complexity index is 703. The van der Waals surface area contributed by atoms with Crippen molar-refractivity contribution < 1.29 is 23.9 Å². The van der Waals surface area contributed by atoms with Crippen LogP contribution in [0.15, 0.2) is 36.0 Å². The molecule has 1 aliphatic heterocycles. The van der Waals surface area contributed by atoms with E-state index in [0.717, 1.165) is 5.01 Å². The van der Waals surface area contributed by atoms with Crippen molar-refractivity contribution in [2.75, 3.05) is 13.2 Å². The first-order valence-corrected chi connectivity index (χ1v) is 7.56. The van der Waals surface area contributed by atoms with Crippen LogP contribution in [0.25, 0.3) is 0 Å². The number of hydrazine groups is 1. The van der Waals surface area contributed by atoms with E-state index in [0.29, 0.717) is 0 Å². The second-order valence-corrected chi connectivity index (χ2v) is 5.04. The number of hydrogen-bond acceptors (Lipinski definition) is 6. The van der Waals surface area contributed by atoms with Crippen LogP contribution in [0.5, 0.6) is 0 Å². The van der Waals surface area contributed by atoms with Crippen molar-refractivity contribution >= 4 is 23.6 Å². The van der Waals surface area contributed by atoms with Crippen LogP contribution in [0.1, 0.15) is 41.5 Å². The number of amides is 2. The normalized spacial score (nSPS) is 13.8. The summed E-state index contributed by atoms with van der Waals surface area (Å²) in [5.74, 6) is -2.30. The molecule has 2 rings (SSSR count). The molecule has 1 heterocycles. The number of imide groups is 1. The summed E-state index contributed by atoms with van der Waals surface area (Å²) in [5, 5.41) is 2.17. The van der Waals surface area contributed by atoms with E-state index in [2.05, 4.69) is 0 Å². The summed E-state index contributed by atoms with van der Waals surface area (Å²) in [6, 6.07) is 6.45. The number of ketones is 1. The van der Waals surface area contributed by atoms with E-state index >= 15 is 0 Å². The molecule has 0 radical (unpaired) electrons. The Morgan fingerprint density at radius 1 is 1.12 bits per heavy atom. The van der Waals surface area contributed by atoms with Crippen molar-refractivity contribution in [2.24, 2.45) is 0 Å². The second-order valence-electron chi connectivity index (χ2n) is 5.04. The highest BCUT2D eigenvalue weighted by atomic mass is 16.5. The number of rotatable bonds is 6. The second kappa shape index (κ2) is 7.08. The van der Waals surface area contributed by atoms with Gasteiger partial charge in [0.05, 0.1) is 17.7 Å². The zero-order valence-corrected chi connectivity index (χ0v) is 13.7. The molecule has 1 aromatic rings. The van der Waals surface area contributed by atoms with E-state index in [1.54, 1.807) is 38.1 Å². The number of hydrogen-bond donors (Lipinski definition) is 0. The van der Waals surface area contributed by atoms with Gasteiger partial charge in [0, 0.05) is 12.7 Å². The Morgan fingerprint density at radius 3 is 2.08 bits per heavy atom. The van der Waals surface area contributed by atoms with Crippen LogP contribution in [-0.4, -0.2) is 46.7 Å². The van der Waals surface area contributed by atoms with Crippen LogP contribution in [-0.2, 0) is 14.3 Å². The van der Waals surface area contributed by atoms with Crippen LogP contribution in [0.3, 0.4) is 0 Å². The predicted molar refractivity (Wildman–Crippen MR) is 84.7 cm³/mol. The third-order valence-electron chi connectivity index (χ3n) is 3.51. The Hall–Kier alpha value is -2.96. The average molecular weight is 330 g/mol. The number of fused-ring (bicyclic) bond motifs is 1. The molecule has 0 unspecified atom stereocenters. The largest absolute Gasteiger partial charge is 0.462 e. The number of esters is 1. The number of Topliss-reactive ketones (excluding diaryl/α,β-unsaturated/α-hetero) is 1. The van der Waals surface area contributed by atoms with Gasteiger partial charge in [-0.1, -0.05) is 12.1 Å². The van der Waals surface area contributed by atoms with Crippen LogP contribution >= 0.6 is 0 Å². The summed E-state index contributed by atoms with van der Waals surface area (Å²) < 4.78 is 4.85. The lowest BCUT2D eigenvalue weighted by molar-refractivity contribution is -0.140. The maximum Gasteiger partial charge on any atom is 0.343 e. The molecule has 0 saturated carbocycles. The molecule has 7 nitrogen and oxygen atoms in total. The molecular formula is C17H18N2O5. The summed E-state index contributed by atoms with van der Waals surface area (Å²) in [6.45, 7) is 4.86. The molecule has 24 heavy (non-hydrogen) atoms. The van der Waals surface area contributed by atoms with E-state index < -0.39 is 23.6 Å². The summed E-state index contributed by atoms with van der Waals surface area (Å²) in [7, 11) is 0. The molecule has 0 atom stereocenters. The van der Waals surface area contributed by atoms with E-state index in [-0.39, 0.29) is 29.9 Å². The molecule has 0 bridgehead atoms. The molecule has 0 aromatic heterocycles. The fourth-order valence-electron chi connectivity index (χ4n) is 2.35. The van der Waals surface area contributed by atoms with Crippen molar-refractivity contribution in [2.45, 2.75) is 20.8 Å². The molecule has 0 fully saturated rings. The molecule has 0 N–H and O–H groups in total. The monoisotopic (exact) mass is 330 g/mol. The van der Waals surface area contributed by atoms with Crippen LogP contribution in [0.2, 0.25) is 0 Å². The molecule has 1 aromatic carbocycles. The van der Waals surface area contributed by atoms with Gasteiger partial charge in [0.15, 0.2) is 5.78 Å². The third kappa shape index (κ3) is 3.05. The van der Waals surface area contributed by atoms with Gasteiger partial charge >= 0.3 is 5.97 Å². The first-order valence-electron chi connectivity index (χ1n) is 7.56. The first-order chi connectivity index (χ1) is 11.4. The van der Waals surface area contributed by atoms with Crippen molar-refractivity contribution in [3.63, 3.8) is 0 Å². The molecule has 0 saturated heterocycles. The van der Waals surface area contributed by atoms with Gasteiger partial charge in [-0.25, -0.2) is 4.79 Å². The molecule has 126 valence electrons. The van der Waals surface area contributed by atoms with Crippen molar-refractivity contribution in [1.29, 1.82) is 0 Å². The van der Waals surface area contributed by atoms with Crippen molar-refractivity contribution in [3.05, 3.63) is 47.2 Å². The fraction of sp³-hybridized carbons (Fsp3) is 0.294. The topological polar surface area (TPSA) is 84.0 Å². The van der Waals surface area contributed by atoms with Crippen LogP contribution in [0, 0.1) is 0 Å². The highest BCUT2D eigenvalue weighted by molar-refractivity contribution is 6.21. The fourth-order valence-corrected chi connectivity index (χ4v) is 2.35. The summed E-state index contributed by atoms with van der Waals surface area (Å²) in [4.78, 5) is 48.6. The molecule has 1 aliphatic rings. The number of benzene rings is 1. The minimum absolute atomic E-state index is 0.114. The summed E-state index contributed by atoms with van der Waals surface area (Å²) in [5.41, 5.74) is 0.347. The first kappa shape index (κ1) is 17.4. The van der Waals surface area contributed by atoms with Gasteiger partial charge in [-0.05, 0) is 32.9 Å². The highest BCUT2D eigenvalue weighted by Crippen LogP contribution is 2.24. The van der Waals surface area contributed by atoms with E-state index in [1.165, 1.54) is 18.1 Å². The Labute approximate surface area is 139 Å². The number of carbonyl (C=O) groups is 4.